The van der Waals surface area contributed by atoms with E-state index in [1.807, 2.05) is 0 Å². The van der Waals surface area contributed by atoms with E-state index < -0.39 is 12.1 Å². The number of unbranched alkanes of at least 4 members (excludes halogenated alkanes) is 49. The van der Waals surface area contributed by atoms with Gasteiger partial charge in [-0.2, -0.15) is 0 Å². The molecule has 0 bridgehead atoms. The maximum absolute atomic E-state index is 12.5. The molecule has 0 heterocycles. The van der Waals surface area contributed by atoms with Crippen LogP contribution in [0.4, 0.5) is 0 Å². The molecule has 0 fully saturated rings. The molecule has 0 rings (SSSR count). The molecule has 72 heavy (non-hydrogen) atoms. The van der Waals surface area contributed by atoms with Gasteiger partial charge in [0.2, 0.25) is 5.91 Å². The molecular formula is C66H129NO5. The molecule has 6 heteroatoms. The van der Waals surface area contributed by atoms with Crippen LogP contribution in [0.2, 0.25) is 0 Å². The fourth-order valence-electron chi connectivity index (χ4n) is 10.5. The Labute approximate surface area is 450 Å². The van der Waals surface area contributed by atoms with E-state index in [9.17, 15) is 19.8 Å². The monoisotopic (exact) mass is 1020 g/mol. The zero-order chi connectivity index (χ0) is 52.2. The second-order valence-corrected chi connectivity index (χ2v) is 22.8. The van der Waals surface area contributed by atoms with Crippen molar-refractivity contribution in [3.63, 3.8) is 0 Å². The predicted molar refractivity (Wildman–Crippen MR) is 315 cm³/mol. The van der Waals surface area contributed by atoms with Crippen LogP contribution in [0.5, 0.6) is 0 Å². The summed E-state index contributed by atoms with van der Waals surface area (Å²) < 4.78 is 5.48. The molecule has 0 aromatic heterocycles. The summed E-state index contributed by atoms with van der Waals surface area (Å²) in [6.45, 7) is 4.97. The van der Waals surface area contributed by atoms with Gasteiger partial charge in [0, 0.05) is 12.8 Å². The van der Waals surface area contributed by atoms with E-state index in [-0.39, 0.29) is 18.5 Å². The lowest BCUT2D eigenvalue weighted by molar-refractivity contribution is -0.143. The van der Waals surface area contributed by atoms with E-state index >= 15 is 0 Å². The zero-order valence-electron chi connectivity index (χ0n) is 48.9. The first-order valence-corrected chi connectivity index (χ1v) is 32.9. The van der Waals surface area contributed by atoms with Gasteiger partial charge in [-0.25, -0.2) is 0 Å². The lowest BCUT2D eigenvalue weighted by atomic mass is 10.0. The van der Waals surface area contributed by atoms with Crippen LogP contribution in [0.15, 0.2) is 12.2 Å². The lowest BCUT2D eigenvalue weighted by Crippen LogP contribution is -2.45. The van der Waals surface area contributed by atoms with Crippen molar-refractivity contribution < 1.29 is 24.5 Å². The highest BCUT2D eigenvalue weighted by atomic mass is 16.5. The molecule has 0 aliphatic carbocycles. The Morgan fingerprint density at radius 2 is 0.653 bits per heavy atom. The highest BCUT2D eigenvalue weighted by Gasteiger charge is 2.20. The van der Waals surface area contributed by atoms with Crippen molar-refractivity contribution >= 4 is 11.9 Å². The summed E-state index contributed by atoms with van der Waals surface area (Å²) >= 11 is 0. The fraction of sp³-hybridized carbons (Fsp3) is 0.939. The number of esters is 1. The number of hydrogen-bond acceptors (Lipinski definition) is 5. The van der Waals surface area contributed by atoms with Gasteiger partial charge < -0.3 is 20.3 Å². The van der Waals surface area contributed by atoms with Crippen LogP contribution in [0.1, 0.15) is 373 Å². The van der Waals surface area contributed by atoms with Crippen molar-refractivity contribution in [1.29, 1.82) is 0 Å². The van der Waals surface area contributed by atoms with Crippen molar-refractivity contribution in [3.8, 4) is 0 Å². The molecule has 0 aliphatic rings. The predicted octanol–water partition coefficient (Wildman–Crippen LogP) is 20.8. The van der Waals surface area contributed by atoms with E-state index in [2.05, 4.69) is 31.3 Å². The molecule has 0 saturated heterocycles. The average Bonchev–Trinajstić information content (AvgIpc) is 3.38. The van der Waals surface area contributed by atoms with Gasteiger partial charge in [-0.3, -0.25) is 9.59 Å². The molecule has 0 radical (unpaired) electrons. The van der Waals surface area contributed by atoms with Crippen molar-refractivity contribution in [2.24, 2.45) is 0 Å². The minimum Gasteiger partial charge on any atom is -0.466 e. The topological polar surface area (TPSA) is 95.9 Å². The summed E-state index contributed by atoms with van der Waals surface area (Å²) in [6, 6.07) is -0.540. The molecule has 0 aliphatic heterocycles. The van der Waals surface area contributed by atoms with E-state index in [1.54, 1.807) is 0 Å². The van der Waals surface area contributed by atoms with Crippen molar-refractivity contribution in [3.05, 3.63) is 12.2 Å². The number of ether oxygens (including phenoxy) is 1. The number of amides is 1. The van der Waals surface area contributed by atoms with Crippen LogP contribution in [0.3, 0.4) is 0 Å². The first kappa shape index (κ1) is 70.6. The number of aliphatic hydroxyl groups is 2. The van der Waals surface area contributed by atoms with Gasteiger partial charge in [-0.05, 0) is 51.4 Å². The van der Waals surface area contributed by atoms with Crippen LogP contribution in [0, 0.1) is 0 Å². The van der Waals surface area contributed by atoms with Gasteiger partial charge in [0.05, 0.1) is 25.4 Å². The van der Waals surface area contributed by atoms with Crippen molar-refractivity contribution in [2.75, 3.05) is 13.2 Å². The molecule has 1 amide bonds. The van der Waals surface area contributed by atoms with Gasteiger partial charge >= 0.3 is 5.97 Å². The molecule has 428 valence electrons. The van der Waals surface area contributed by atoms with Gasteiger partial charge in [0.1, 0.15) is 0 Å². The second kappa shape index (κ2) is 62.1. The Hall–Kier alpha value is -1.40. The van der Waals surface area contributed by atoms with Crippen LogP contribution in [-0.2, 0) is 14.3 Å². The van der Waals surface area contributed by atoms with E-state index in [0.29, 0.717) is 25.9 Å². The number of rotatable bonds is 62. The molecule has 0 saturated carbocycles. The van der Waals surface area contributed by atoms with Crippen LogP contribution >= 0.6 is 0 Å². The average molecular weight is 1020 g/mol. The largest absolute Gasteiger partial charge is 0.466 e. The quantitative estimate of drug-likeness (QED) is 0.0320. The molecule has 3 N–H and O–H groups in total. The summed E-state index contributed by atoms with van der Waals surface area (Å²) in [5.41, 5.74) is 0. The summed E-state index contributed by atoms with van der Waals surface area (Å²) in [4.78, 5) is 24.6. The SMILES string of the molecule is CCCCCC/C=C\CCCCCCCC(=O)OCCCCCCCCCCCCCCCCCCCCCCCCCCC(=O)NC(CO)C(O)CCCCCCCCCCCCCCCCCCCC. The zero-order valence-corrected chi connectivity index (χ0v) is 48.9. The highest BCUT2D eigenvalue weighted by molar-refractivity contribution is 5.76. The van der Waals surface area contributed by atoms with Crippen molar-refractivity contribution in [2.45, 2.75) is 386 Å². The van der Waals surface area contributed by atoms with Crippen molar-refractivity contribution in [1.82, 2.24) is 5.32 Å². The van der Waals surface area contributed by atoms with Crippen LogP contribution in [-0.4, -0.2) is 47.4 Å². The maximum Gasteiger partial charge on any atom is 0.305 e. The number of aliphatic hydroxyl groups excluding tert-OH is 2. The summed E-state index contributed by atoms with van der Waals surface area (Å²) in [6.07, 6.45) is 75.2. The van der Waals surface area contributed by atoms with Crippen LogP contribution < -0.4 is 5.32 Å². The Morgan fingerprint density at radius 1 is 0.375 bits per heavy atom. The van der Waals surface area contributed by atoms with Gasteiger partial charge in [0.15, 0.2) is 0 Å². The molecule has 0 aromatic carbocycles. The first-order valence-electron chi connectivity index (χ1n) is 32.9. The molecule has 0 spiro atoms. The number of allylic oxidation sites excluding steroid dienone is 2. The summed E-state index contributed by atoms with van der Waals surface area (Å²) in [5, 5.41) is 23.4. The van der Waals surface area contributed by atoms with Crippen LogP contribution in [0.25, 0.3) is 0 Å². The van der Waals surface area contributed by atoms with E-state index in [0.717, 1.165) is 44.9 Å². The third-order valence-corrected chi connectivity index (χ3v) is 15.6. The van der Waals surface area contributed by atoms with E-state index in [4.69, 9.17) is 4.74 Å². The highest BCUT2D eigenvalue weighted by Crippen LogP contribution is 2.19. The van der Waals surface area contributed by atoms with Gasteiger partial charge in [-0.1, -0.05) is 321 Å². The normalized spacial score (nSPS) is 12.6. The Balaban J connectivity index is 3.36. The standard InChI is InChI=1S/C66H129NO5/c1-3-5-7-9-11-13-15-17-18-19-28-31-35-38-42-46-50-54-58-64(69)63(62-68)67-65(70)59-55-51-47-43-39-36-32-29-26-24-22-20-21-23-25-27-30-33-37-41-45-49-53-57-61-72-66(71)60-56-52-48-44-40-34-16-14-12-10-8-6-4-2/h14,16,63-64,68-69H,3-13,15,17-62H2,1-2H3,(H,67,70)/b16-14-. The molecule has 2 unspecified atom stereocenters. The Morgan fingerprint density at radius 3 is 1.00 bits per heavy atom. The molecule has 6 nitrogen and oxygen atoms in total. The third kappa shape index (κ3) is 57.9. The minimum absolute atomic E-state index is 0.00703. The lowest BCUT2D eigenvalue weighted by Gasteiger charge is -2.22. The summed E-state index contributed by atoms with van der Waals surface area (Å²) in [7, 11) is 0. The van der Waals surface area contributed by atoms with E-state index in [1.165, 1.54) is 295 Å². The molecule has 0 aromatic rings. The minimum atomic E-state index is -0.663. The number of carbonyl (C=O) groups is 2. The Bertz CT molecular complexity index is 1080. The smallest absolute Gasteiger partial charge is 0.305 e. The number of carbonyl (C=O) groups excluding carboxylic acids is 2. The molecular weight excluding hydrogens is 887 g/mol. The van der Waals surface area contributed by atoms with Gasteiger partial charge in [0.25, 0.3) is 0 Å². The third-order valence-electron chi connectivity index (χ3n) is 15.6. The first-order chi connectivity index (χ1) is 35.5. The second-order valence-electron chi connectivity index (χ2n) is 22.8. The van der Waals surface area contributed by atoms with Gasteiger partial charge in [-0.15, -0.1) is 0 Å². The fourth-order valence-corrected chi connectivity index (χ4v) is 10.5. The summed E-state index contributed by atoms with van der Waals surface area (Å²) in [5.74, 6) is -0.0230. The molecule has 2 atom stereocenters. The Kier molecular flexibility index (Phi) is 60.9. The number of nitrogens with one attached hydrogen (secondary N) is 1. The maximum atomic E-state index is 12.5. The number of hydrogen-bond donors (Lipinski definition) is 3.